The number of rotatable bonds is 7. The van der Waals surface area contributed by atoms with Crippen molar-refractivity contribution in [3.63, 3.8) is 0 Å². The molecule has 1 unspecified atom stereocenters. The predicted molar refractivity (Wildman–Crippen MR) is 138 cm³/mol. The molecule has 0 saturated carbocycles. The predicted octanol–water partition coefficient (Wildman–Crippen LogP) is 2.91. The molecule has 2 heterocycles. The van der Waals surface area contributed by atoms with E-state index in [9.17, 15) is 20.4 Å². The van der Waals surface area contributed by atoms with Gasteiger partial charge in [-0.25, -0.2) is 0 Å². The topological polar surface area (TPSA) is 121 Å². The van der Waals surface area contributed by atoms with E-state index in [4.69, 9.17) is 25.8 Å². The number of aliphatic imine (C=N–C) groups is 1. The number of hydrogen-bond donors (Lipinski definition) is 4. The van der Waals surface area contributed by atoms with Crippen molar-refractivity contribution in [1.29, 1.82) is 0 Å². The van der Waals surface area contributed by atoms with E-state index >= 15 is 0 Å². The van der Waals surface area contributed by atoms with Gasteiger partial charge in [-0.3, -0.25) is 4.99 Å². The standard InChI is InChI=1S/C28H34ClNO7/c1-3-30-21-5-4-6-22(21)36-19-9-11-26(2,12-10-19)14-17-13-18(7-8-20(17)29)28-25(34)23(32)24(33)27(15-31,37-28)16-35-28/h6-11,13,23-25,31-34H,3-5,12,14-16H2,1-2H3/b30-21+/t23-,24-,25+,26?,27-,28-/m0/s1. The number of benzene rings is 1. The molecule has 200 valence electrons. The lowest BCUT2D eigenvalue weighted by Crippen LogP contribution is -2.65. The Morgan fingerprint density at radius 2 is 2.00 bits per heavy atom. The van der Waals surface area contributed by atoms with Crippen LogP contribution < -0.4 is 0 Å². The normalized spacial score (nSPS) is 38.1. The first-order valence-corrected chi connectivity index (χ1v) is 13.1. The number of allylic oxidation sites excluding steroid dienone is 5. The fraction of sp³-hybridized carbons (Fsp3) is 0.536. The zero-order valence-corrected chi connectivity index (χ0v) is 21.8. The van der Waals surface area contributed by atoms with E-state index in [1.165, 1.54) is 0 Å². The van der Waals surface area contributed by atoms with Crippen LogP contribution in [0.1, 0.15) is 44.2 Å². The summed E-state index contributed by atoms with van der Waals surface area (Å²) < 4.78 is 18.0. The van der Waals surface area contributed by atoms with Gasteiger partial charge in [0.1, 0.15) is 35.4 Å². The van der Waals surface area contributed by atoms with Gasteiger partial charge in [-0.05, 0) is 73.9 Å². The summed E-state index contributed by atoms with van der Waals surface area (Å²) >= 11 is 6.59. The van der Waals surface area contributed by atoms with Gasteiger partial charge in [-0.1, -0.05) is 30.7 Å². The molecule has 0 radical (unpaired) electrons. The van der Waals surface area contributed by atoms with E-state index in [2.05, 4.69) is 30.1 Å². The maximum absolute atomic E-state index is 10.9. The average molecular weight is 532 g/mol. The average Bonchev–Trinajstić information content (AvgIpc) is 3.50. The Balaban J connectivity index is 1.35. The van der Waals surface area contributed by atoms with Gasteiger partial charge in [0.25, 0.3) is 0 Å². The van der Waals surface area contributed by atoms with Crippen LogP contribution in [-0.2, 0) is 26.4 Å². The van der Waals surface area contributed by atoms with E-state index < -0.39 is 36.3 Å². The van der Waals surface area contributed by atoms with E-state index in [-0.39, 0.29) is 12.0 Å². The van der Waals surface area contributed by atoms with Crippen molar-refractivity contribution in [2.24, 2.45) is 10.4 Å². The fourth-order valence-corrected chi connectivity index (χ4v) is 5.74. The lowest BCUT2D eigenvalue weighted by molar-refractivity contribution is -0.329. The third-order valence-electron chi connectivity index (χ3n) is 7.76. The summed E-state index contributed by atoms with van der Waals surface area (Å²) in [6.45, 7) is 4.14. The van der Waals surface area contributed by atoms with E-state index in [0.717, 1.165) is 48.6 Å². The highest BCUT2D eigenvalue weighted by Crippen LogP contribution is 2.50. The zero-order chi connectivity index (χ0) is 26.4. The van der Waals surface area contributed by atoms with Crippen LogP contribution in [0.15, 0.2) is 59.0 Å². The molecule has 2 saturated heterocycles. The SMILES string of the molecule is CC/N=C1\CCC=C1OC1=CCC(C)(Cc2cc([C@]34OC[C@](CO)(O3)[C@@H](O)[C@H](O)[C@H]4O)ccc2Cl)C=C1. The second-order valence-electron chi connectivity index (χ2n) is 10.6. The largest absolute Gasteiger partial charge is 0.456 e. The second kappa shape index (κ2) is 9.93. The summed E-state index contributed by atoms with van der Waals surface area (Å²) in [4.78, 5) is 4.53. The van der Waals surface area contributed by atoms with Crippen molar-refractivity contribution in [3.8, 4) is 0 Å². The van der Waals surface area contributed by atoms with Crippen molar-refractivity contribution < 1.29 is 34.6 Å². The highest BCUT2D eigenvalue weighted by Gasteiger charge is 2.67. The second-order valence-corrected chi connectivity index (χ2v) is 11.0. The first kappa shape index (κ1) is 26.6. The maximum atomic E-state index is 10.9. The highest BCUT2D eigenvalue weighted by molar-refractivity contribution is 6.31. The van der Waals surface area contributed by atoms with Crippen LogP contribution in [0, 0.1) is 5.41 Å². The van der Waals surface area contributed by atoms with Crippen LogP contribution in [0.2, 0.25) is 5.02 Å². The van der Waals surface area contributed by atoms with Gasteiger partial charge in [-0.2, -0.15) is 0 Å². The Hall–Kier alpha value is -2.04. The van der Waals surface area contributed by atoms with Gasteiger partial charge in [-0.15, -0.1) is 0 Å². The minimum absolute atomic E-state index is 0.175. The van der Waals surface area contributed by atoms with E-state index in [0.29, 0.717) is 17.0 Å². The Morgan fingerprint density at radius 1 is 1.19 bits per heavy atom. The molecule has 5 rings (SSSR count). The van der Waals surface area contributed by atoms with E-state index in [1.54, 1.807) is 18.2 Å². The summed E-state index contributed by atoms with van der Waals surface area (Å²) in [5.74, 6) is -0.0955. The van der Waals surface area contributed by atoms with Crippen LogP contribution in [0.25, 0.3) is 0 Å². The molecule has 2 aliphatic carbocycles. The van der Waals surface area contributed by atoms with Crippen molar-refractivity contribution in [2.45, 2.75) is 69.2 Å². The van der Waals surface area contributed by atoms with Gasteiger partial charge in [0.2, 0.25) is 5.79 Å². The number of hydrogen-bond acceptors (Lipinski definition) is 8. The van der Waals surface area contributed by atoms with E-state index in [1.807, 2.05) is 13.0 Å². The molecule has 1 aromatic carbocycles. The molecule has 1 aromatic rings. The molecule has 6 atom stereocenters. The highest BCUT2D eigenvalue weighted by atomic mass is 35.5. The third kappa shape index (κ3) is 4.59. The van der Waals surface area contributed by atoms with Crippen molar-refractivity contribution in [3.05, 3.63) is 70.2 Å². The number of halogens is 1. The van der Waals surface area contributed by atoms with Gasteiger partial charge < -0.3 is 34.6 Å². The smallest absolute Gasteiger partial charge is 0.225 e. The van der Waals surface area contributed by atoms with Gasteiger partial charge in [0, 0.05) is 17.1 Å². The molecule has 0 aromatic heterocycles. The first-order valence-electron chi connectivity index (χ1n) is 12.7. The summed E-state index contributed by atoms with van der Waals surface area (Å²) in [5, 5.41) is 42.2. The van der Waals surface area contributed by atoms with Crippen LogP contribution in [0.3, 0.4) is 0 Å². The van der Waals surface area contributed by atoms with Crippen LogP contribution >= 0.6 is 11.6 Å². The van der Waals surface area contributed by atoms with Crippen molar-refractivity contribution in [2.75, 3.05) is 19.8 Å². The van der Waals surface area contributed by atoms with Gasteiger partial charge in [0.15, 0.2) is 0 Å². The van der Waals surface area contributed by atoms with Crippen molar-refractivity contribution >= 4 is 17.3 Å². The van der Waals surface area contributed by atoms with Crippen molar-refractivity contribution in [1.82, 2.24) is 0 Å². The minimum atomic E-state index is -1.72. The molecule has 2 fully saturated rings. The monoisotopic (exact) mass is 531 g/mol. The Labute approximate surface area is 221 Å². The Kier molecular flexibility index (Phi) is 7.13. The minimum Gasteiger partial charge on any atom is -0.456 e. The quantitative estimate of drug-likeness (QED) is 0.427. The molecule has 0 spiro atoms. The summed E-state index contributed by atoms with van der Waals surface area (Å²) in [7, 11) is 0. The molecule has 0 amide bonds. The van der Waals surface area contributed by atoms with Gasteiger partial charge in [0.05, 0.1) is 18.9 Å². The van der Waals surface area contributed by atoms with Crippen LogP contribution in [-0.4, -0.2) is 69.8 Å². The lowest BCUT2D eigenvalue weighted by Gasteiger charge is -2.46. The Morgan fingerprint density at radius 3 is 2.70 bits per heavy atom. The van der Waals surface area contributed by atoms with Gasteiger partial charge >= 0.3 is 0 Å². The first-order chi connectivity index (χ1) is 17.7. The molecule has 4 aliphatic rings. The van der Waals surface area contributed by atoms with Crippen LogP contribution in [0.5, 0.6) is 0 Å². The number of aliphatic hydroxyl groups excluding tert-OH is 4. The maximum Gasteiger partial charge on any atom is 0.225 e. The molecule has 2 bridgehead atoms. The molecule has 9 heteroatoms. The number of fused-ring (bicyclic) bond motifs is 2. The number of aliphatic hydroxyl groups is 4. The van der Waals surface area contributed by atoms with Crippen LogP contribution in [0.4, 0.5) is 0 Å². The summed E-state index contributed by atoms with van der Waals surface area (Å²) in [5.41, 5.74) is 0.519. The summed E-state index contributed by atoms with van der Waals surface area (Å²) in [6.07, 6.45) is 6.81. The molecule has 4 N–H and O–H groups in total. The molecule has 37 heavy (non-hydrogen) atoms. The zero-order valence-electron chi connectivity index (χ0n) is 21.1. The molecule has 8 nitrogen and oxygen atoms in total. The molecular formula is C28H34ClNO7. The summed E-state index contributed by atoms with van der Waals surface area (Å²) in [6, 6.07) is 5.18. The molecular weight excluding hydrogens is 498 g/mol. The Bertz CT molecular complexity index is 1180. The fourth-order valence-electron chi connectivity index (χ4n) is 5.55. The number of nitrogens with zero attached hydrogens (tertiary/aromatic N) is 1. The molecule has 2 aliphatic heterocycles. The third-order valence-corrected chi connectivity index (χ3v) is 8.13. The lowest BCUT2D eigenvalue weighted by atomic mass is 9.77. The number of ether oxygens (including phenoxy) is 3.